The second-order valence-electron chi connectivity index (χ2n) is 5.40. The lowest BCUT2D eigenvalue weighted by molar-refractivity contribution is 0.0911. The van der Waals surface area contributed by atoms with Gasteiger partial charge in [0.15, 0.2) is 0 Å². The number of amides is 1. The molecule has 0 aliphatic carbocycles. The fourth-order valence-electron chi connectivity index (χ4n) is 2.12. The fraction of sp³-hybridized carbons (Fsp3) is 0.235. The van der Waals surface area contributed by atoms with E-state index in [0.717, 1.165) is 11.1 Å². The molecule has 0 heterocycles. The van der Waals surface area contributed by atoms with Crippen molar-refractivity contribution in [2.24, 2.45) is 0 Å². The molecule has 0 atom stereocenters. The van der Waals surface area contributed by atoms with E-state index in [0.29, 0.717) is 5.56 Å². The molecule has 0 saturated heterocycles. The van der Waals surface area contributed by atoms with Gasteiger partial charge in [0, 0.05) is 5.56 Å². The van der Waals surface area contributed by atoms with E-state index < -0.39 is 5.54 Å². The van der Waals surface area contributed by atoms with Gasteiger partial charge in [-0.1, -0.05) is 30.3 Å². The average molecular weight is 271 g/mol. The largest absolute Gasteiger partial charge is 0.343 e. The van der Waals surface area contributed by atoms with Crippen molar-refractivity contribution in [3.8, 4) is 0 Å². The van der Waals surface area contributed by atoms with Crippen LogP contribution in [0.4, 0.5) is 4.39 Å². The van der Waals surface area contributed by atoms with Crippen molar-refractivity contribution in [2.75, 3.05) is 0 Å². The molecule has 0 fully saturated rings. The van der Waals surface area contributed by atoms with E-state index in [-0.39, 0.29) is 11.7 Å². The molecular formula is C17H18FNO. The topological polar surface area (TPSA) is 29.1 Å². The van der Waals surface area contributed by atoms with Crippen molar-refractivity contribution < 1.29 is 9.18 Å². The Morgan fingerprint density at radius 1 is 1.05 bits per heavy atom. The summed E-state index contributed by atoms with van der Waals surface area (Å²) in [6, 6.07) is 13.6. The van der Waals surface area contributed by atoms with Gasteiger partial charge in [0.05, 0.1) is 5.54 Å². The number of rotatable bonds is 3. The Bertz CT molecular complexity index is 617. The minimum absolute atomic E-state index is 0.127. The SMILES string of the molecule is Cc1ccccc1C(=O)NC(C)(C)c1ccc(F)cc1. The van der Waals surface area contributed by atoms with Gasteiger partial charge in [-0.25, -0.2) is 4.39 Å². The van der Waals surface area contributed by atoms with E-state index in [4.69, 9.17) is 0 Å². The number of hydrogen-bond donors (Lipinski definition) is 1. The summed E-state index contributed by atoms with van der Waals surface area (Å²) in [6.45, 7) is 5.70. The Morgan fingerprint density at radius 2 is 1.65 bits per heavy atom. The van der Waals surface area contributed by atoms with Crippen molar-refractivity contribution in [1.29, 1.82) is 0 Å². The summed E-state index contributed by atoms with van der Waals surface area (Å²) in [4.78, 5) is 12.3. The molecule has 0 aliphatic rings. The van der Waals surface area contributed by atoms with Crippen LogP contribution < -0.4 is 5.32 Å². The summed E-state index contributed by atoms with van der Waals surface area (Å²) >= 11 is 0. The Labute approximate surface area is 118 Å². The summed E-state index contributed by atoms with van der Waals surface area (Å²) in [5.41, 5.74) is 1.89. The molecule has 0 aromatic heterocycles. The number of nitrogens with one attached hydrogen (secondary N) is 1. The highest BCUT2D eigenvalue weighted by Crippen LogP contribution is 2.21. The molecule has 2 nitrogen and oxygen atoms in total. The third-order valence-electron chi connectivity index (χ3n) is 3.38. The van der Waals surface area contributed by atoms with Gasteiger partial charge in [-0.15, -0.1) is 0 Å². The maximum Gasteiger partial charge on any atom is 0.252 e. The minimum Gasteiger partial charge on any atom is -0.343 e. The lowest BCUT2D eigenvalue weighted by Crippen LogP contribution is -2.41. The molecule has 2 rings (SSSR count). The number of carbonyl (C=O) groups excluding carboxylic acids is 1. The van der Waals surface area contributed by atoms with Crippen LogP contribution in [-0.4, -0.2) is 5.91 Å². The van der Waals surface area contributed by atoms with E-state index in [2.05, 4.69) is 5.32 Å². The standard InChI is InChI=1S/C17H18FNO/c1-12-6-4-5-7-15(12)16(20)19-17(2,3)13-8-10-14(18)11-9-13/h4-11H,1-3H3,(H,19,20). The first-order chi connectivity index (χ1) is 9.40. The highest BCUT2D eigenvalue weighted by atomic mass is 19.1. The van der Waals surface area contributed by atoms with E-state index in [1.54, 1.807) is 18.2 Å². The zero-order valence-corrected chi connectivity index (χ0v) is 11.9. The van der Waals surface area contributed by atoms with Crippen molar-refractivity contribution in [2.45, 2.75) is 26.3 Å². The number of benzene rings is 2. The first-order valence-corrected chi connectivity index (χ1v) is 6.54. The van der Waals surface area contributed by atoms with E-state index in [1.165, 1.54) is 12.1 Å². The lowest BCUT2D eigenvalue weighted by atomic mass is 9.93. The summed E-state index contributed by atoms with van der Waals surface area (Å²) in [5.74, 6) is -0.410. The van der Waals surface area contributed by atoms with Crippen LogP contribution in [0.1, 0.15) is 35.3 Å². The highest BCUT2D eigenvalue weighted by molar-refractivity contribution is 5.96. The van der Waals surface area contributed by atoms with Crippen molar-refractivity contribution in [3.05, 3.63) is 71.0 Å². The van der Waals surface area contributed by atoms with E-state index in [1.807, 2.05) is 39.0 Å². The van der Waals surface area contributed by atoms with E-state index >= 15 is 0 Å². The van der Waals surface area contributed by atoms with Gasteiger partial charge in [-0.05, 0) is 50.1 Å². The molecule has 0 radical (unpaired) electrons. The zero-order chi connectivity index (χ0) is 14.8. The van der Waals surface area contributed by atoms with E-state index in [9.17, 15) is 9.18 Å². The Hall–Kier alpha value is -2.16. The summed E-state index contributed by atoms with van der Waals surface area (Å²) in [7, 11) is 0. The third-order valence-corrected chi connectivity index (χ3v) is 3.38. The van der Waals surface area contributed by atoms with Crippen LogP contribution in [0, 0.1) is 12.7 Å². The van der Waals surface area contributed by atoms with Crippen molar-refractivity contribution >= 4 is 5.91 Å². The molecule has 1 amide bonds. The minimum atomic E-state index is -0.562. The quantitative estimate of drug-likeness (QED) is 0.904. The molecule has 2 aromatic rings. The molecule has 20 heavy (non-hydrogen) atoms. The highest BCUT2D eigenvalue weighted by Gasteiger charge is 2.23. The molecule has 0 unspecified atom stereocenters. The Kier molecular flexibility index (Phi) is 3.89. The fourth-order valence-corrected chi connectivity index (χ4v) is 2.12. The average Bonchev–Trinajstić information content (AvgIpc) is 2.39. The van der Waals surface area contributed by atoms with Gasteiger partial charge in [0.2, 0.25) is 0 Å². The predicted octanol–water partition coefficient (Wildman–Crippen LogP) is 3.80. The maximum atomic E-state index is 13.0. The molecule has 0 spiro atoms. The van der Waals surface area contributed by atoms with Gasteiger partial charge in [0.25, 0.3) is 5.91 Å². The van der Waals surface area contributed by atoms with Crippen LogP contribution in [0.5, 0.6) is 0 Å². The third kappa shape index (κ3) is 3.05. The molecule has 0 bridgehead atoms. The Morgan fingerprint density at radius 3 is 2.25 bits per heavy atom. The number of carbonyl (C=O) groups is 1. The molecule has 1 N–H and O–H groups in total. The molecule has 3 heteroatoms. The molecule has 2 aromatic carbocycles. The van der Waals surface area contributed by atoms with Crippen LogP contribution in [0.15, 0.2) is 48.5 Å². The number of halogens is 1. The monoisotopic (exact) mass is 271 g/mol. The number of hydrogen-bond acceptors (Lipinski definition) is 1. The molecule has 104 valence electrons. The van der Waals surface area contributed by atoms with Gasteiger partial charge >= 0.3 is 0 Å². The predicted molar refractivity (Wildman–Crippen MR) is 78.1 cm³/mol. The second kappa shape index (κ2) is 5.45. The molecule has 0 aliphatic heterocycles. The first kappa shape index (κ1) is 14.3. The smallest absolute Gasteiger partial charge is 0.252 e. The van der Waals surface area contributed by atoms with Crippen molar-refractivity contribution in [1.82, 2.24) is 5.32 Å². The summed E-state index contributed by atoms with van der Waals surface area (Å²) in [5, 5.41) is 2.99. The first-order valence-electron chi connectivity index (χ1n) is 6.54. The summed E-state index contributed by atoms with van der Waals surface area (Å²) in [6.07, 6.45) is 0. The maximum absolute atomic E-state index is 13.0. The summed E-state index contributed by atoms with van der Waals surface area (Å²) < 4.78 is 13.0. The normalized spacial score (nSPS) is 11.2. The Balaban J connectivity index is 2.22. The van der Waals surface area contributed by atoms with Crippen molar-refractivity contribution in [3.63, 3.8) is 0 Å². The van der Waals surface area contributed by atoms with Crippen LogP contribution in [0.3, 0.4) is 0 Å². The van der Waals surface area contributed by atoms with Crippen LogP contribution in [0.2, 0.25) is 0 Å². The van der Waals surface area contributed by atoms with Gasteiger partial charge in [-0.3, -0.25) is 4.79 Å². The van der Waals surface area contributed by atoms with Crippen LogP contribution in [-0.2, 0) is 5.54 Å². The second-order valence-corrected chi connectivity index (χ2v) is 5.40. The molecular weight excluding hydrogens is 253 g/mol. The zero-order valence-electron chi connectivity index (χ0n) is 11.9. The lowest BCUT2D eigenvalue weighted by Gasteiger charge is -2.27. The van der Waals surface area contributed by atoms with Crippen LogP contribution >= 0.6 is 0 Å². The van der Waals surface area contributed by atoms with Crippen LogP contribution in [0.25, 0.3) is 0 Å². The molecule has 0 saturated carbocycles. The van der Waals surface area contributed by atoms with Gasteiger partial charge in [-0.2, -0.15) is 0 Å². The number of aryl methyl sites for hydroxylation is 1. The van der Waals surface area contributed by atoms with Gasteiger partial charge < -0.3 is 5.32 Å². The van der Waals surface area contributed by atoms with Gasteiger partial charge in [0.1, 0.15) is 5.82 Å².